The predicted octanol–water partition coefficient (Wildman–Crippen LogP) is 7.21. The van der Waals surface area contributed by atoms with Gasteiger partial charge in [-0.25, -0.2) is 4.99 Å². The van der Waals surface area contributed by atoms with Gasteiger partial charge in [0.25, 0.3) is 5.91 Å². The van der Waals surface area contributed by atoms with Gasteiger partial charge in [-0.2, -0.15) is 0 Å². The van der Waals surface area contributed by atoms with Crippen LogP contribution in [0, 0.1) is 0 Å². The molecule has 1 amide bonds. The van der Waals surface area contributed by atoms with Crippen LogP contribution in [0.3, 0.4) is 0 Å². The number of hydrogen-bond acceptors (Lipinski definition) is 4. The first kappa shape index (κ1) is 18.8. The third-order valence-corrected chi connectivity index (χ3v) is 7.47. The molecule has 4 aromatic rings. The van der Waals surface area contributed by atoms with E-state index < -0.39 is 0 Å². The summed E-state index contributed by atoms with van der Waals surface area (Å²) in [5, 5.41) is 3.56. The molecule has 0 spiro atoms. The van der Waals surface area contributed by atoms with Crippen molar-refractivity contribution in [3.8, 4) is 0 Å². The zero-order valence-electron chi connectivity index (χ0n) is 14.8. The fourth-order valence-corrected chi connectivity index (χ4v) is 5.72. The van der Waals surface area contributed by atoms with Crippen LogP contribution in [-0.2, 0) is 4.79 Å². The lowest BCUT2D eigenvalue weighted by molar-refractivity contribution is -0.113. The molecule has 3 nitrogen and oxygen atoms in total. The second-order valence-corrected chi connectivity index (χ2v) is 9.67. The Hall–Kier alpha value is -2.25. The molecule has 142 valence electrons. The quantitative estimate of drug-likeness (QED) is 0.274. The highest BCUT2D eigenvalue weighted by Crippen LogP contribution is 2.39. The van der Waals surface area contributed by atoms with Gasteiger partial charge >= 0.3 is 0 Å². The number of amides is 1. The molecule has 2 aromatic carbocycles. The van der Waals surface area contributed by atoms with Crippen LogP contribution in [0.1, 0.15) is 9.75 Å². The molecule has 1 aliphatic heterocycles. The first-order valence-corrected chi connectivity index (χ1v) is 11.6. The second kappa shape index (κ2) is 7.54. The fraction of sp³-hybridized carbons (Fsp3) is 0. The van der Waals surface area contributed by atoms with Crippen molar-refractivity contribution in [2.24, 2.45) is 4.99 Å². The van der Waals surface area contributed by atoms with Crippen LogP contribution in [0.25, 0.3) is 16.2 Å². The summed E-state index contributed by atoms with van der Waals surface area (Å²) in [7, 11) is 0. The number of rotatable bonds is 3. The molecule has 29 heavy (non-hydrogen) atoms. The Kier molecular flexibility index (Phi) is 4.87. The van der Waals surface area contributed by atoms with E-state index >= 15 is 0 Å². The summed E-state index contributed by atoms with van der Waals surface area (Å²) in [6.45, 7) is 0. The predicted molar refractivity (Wildman–Crippen MR) is 127 cm³/mol. The van der Waals surface area contributed by atoms with Gasteiger partial charge in [0.05, 0.1) is 15.6 Å². The number of amidine groups is 1. The van der Waals surface area contributed by atoms with E-state index in [1.807, 2.05) is 72.1 Å². The molecule has 0 unspecified atom stereocenters. The van der Waals surface area contributed by atoms with Crippen molar-refractivity contribution in [3.05, 3.63) is 91.0 Å². The Morgan fingerprint density at radius 1 is 1.07 bits per heavy atom. The Morgan fingerprint density at radius 3 is 2.69 bits per heavy atom. The van der Waals surface area contributed by atoms with E-state index in [9.17, 15) is 4.79 Å². The Morgan fingerprint density at radius 2 is 1.93 bits per heavy atom. The molecule has 0 fully saturated rings. The first-order valence-electron chi connectivity index (χ1n) is 8.73. The summed E-state index contributed by atoms with van der Waals surface area (Å²) >= 11 is 13.3. The molecule has 0 saturated carbocycles. The van der Waals surface area contributed by atoms with Crippen molar-refractivity contribution in [1.82, 2.24) is 0 Å². The van der Waals surface area contributed by atoms with Crippen LogP contribution in [0.15, 0.2) is 81.2 Å². The lowest BCUT2D eigenvalue weighted by atomic mass is 10.2. The minimum absolute atomic E-state index is 0.167. The van der Waals surface area contributed by atoms with Gasteiger partial charge in [0.15, 0.2) is 5.84 Å². The van der Waals surface area contributed by atoms with Crippen molar-refractivity contribution in [2.45, 2.75) is 0 Å². The van der Waals surface area contributed by atoms with E-state index in [-0.39, 0.29) is 5.91 Å². The molecular formula is C22H12BrClN2OS2. The lowest BCUT2D eigenvalue weighted by Crippen LogP contribution is -2.32. The van der Waals surface area contributed by atoms with Gasteiger partial charge < -0.3 is 0 Å². The maximum absolute atomic E-state index is 13.3. The molecule has 0 bridgehead atoms. The van der Waals surface area contributed by atoms with Crippen LogP contribution in [0.4, 0.5) is 5.69 Å². The van der Waals surface area contributed by atoms with Gasteiger partial charge in [0, 0.05) is 19.4 Å². The van der Waals surface area contributed by atoms with Crippen LogP contribution in [0.5, 0.6) is 0 Å². The summed E-state index contributed by atoms with van der Waals surface area (Å²) in [5.74, 6) is 0.391. The number of nitrogens with zero attached hydrogens (tertiary/aromatic N) is 2. The standard InChI is InChI=1S/C22H12BrClN2OS2/c23-13-5-3-6-14(11-13)26-21(20-19(24)16-8-1-2-9-18(16)29-20)25-17(22(26)27)12-15-7-4-10-28-15/h1-12H/b17-12+. The van der Waals surface area contributed by atoms with E-state index in [0.29, 0.717) is 16.6 Å². The topological polar surface area (TPSA) is 32.7 Å². The number of carbonyl (C=O) groups excluding carboxylic acids is 1. The van der Waals surface area contributed by atoms with E-state index in [4.69, 9.17) is 16.6 Å². The zero-order valence-corrected chi connectivity index (χ0v) is 18.8. The highest BCUT2D eigenvalue weighted by atomic mass is 79.9. The molecule has 1 aliphatic rings. The number of fused-ring (bicyclic) bond motifs is 1. The molecule has 7 heteroatoms. The number of anilines is 1. The van der Waals surface area contributed by atoms with E-state index in [1.165, 1.54) is 0 Å². The summed E-state index contributed by atoms with van der Waals surface area (Å²) in [6.07, 6.45) is 1.83. The minimum Gasteiger partial charge on any atom is -0.266 e. The summed E-state index contributed by atoms with van der Waals surface area (Å²) in [5.41, 5.74) is 1.14. The normalized spacial score (nSPS) is 15.5. The molecule has 0 saturated heterocycles. The molecular weight excluding hydrogens is 488 g/mol. The van der Waals surface area contributed by atoms with Crippen molar-refractivity contribution in [2.75, 3.05) is 4.90 Å². The Labute approximate surface area is 188 Å². The number of benzene rings is 2. The van der Waals surface area contributed by atoms with E-state index in [2.05, 4.69) is 15.9 Å². The van der Waals surface area contributed by atoms with Crippen molar-refractivity contribution in [1.29, 1.82) is 0 Å². The number of carbonyl (C=O) groups is 1. The van der Waals surface area contributed by atoms with E-state index in [1.54, 1.807) is 27.6 Å². The largest absolute Gasteiger partial charge is 0.282 e. The molecule has 5 rings (SSSR count). The van der Waals surface area contributed by atoms with Gasteiger partial charge in [-0.3, -0.25) is 9.69 Å². The maximum atomic E-state index is 13.3. The highest BCUT2D eigenvalue weighted by Gasteiger charge is 2.35. The average Bonchev–Trinajstić information content (AvgIpc) is 3.42. The second-order valence-electron chi connectivity index (χ2n) is 6.34. The van der Waals surface area contributed by atoms with Crippen molar-refractivity contribution >= 4 is 83.8 Å². The molecule has 2 aromatic heterocycles. The van der Waals surface area contributed by atoms with Crippen LogP contribution < -0.4 is 4.90 Å². The Bertz CT molecular complexity index is 1310. The average molecular weight is 500 g/mol. The monoisotopic (exact) mass is 498 g/mol. The van der Waals surface area contributed by atoms with Crippen molar-refractivity contribution < 1.29 is 4.79 Å². The highest BCUT2D eigenvalue weighted by molar-refractivity contribution is 9.10. The molecule has 0 N–H and O–H groups in total. The number of hydrogen-bond donors (Lipinski definition) is 0. The number of aliphatic imine (C=N–C) groups is 1. The molecule has 0 radical (unpaired) electrons. The van der Waals surface area contributed by atoms with Gasteiger partial charge in [-0.05, 0) is 41.8 Å². The minimum atomic E-state index is -0.167. The van der Waals surface area contributed by atoms with Gasteiger partial charge in [-0.1, -0.05) is 57.9 Å². The Balaban J connectivity index is 1.71. The molecule has 3 heterocycles. The van der Waals surface area contributed by atoms with Gasteiger partial charge in [0.1, 0.15) is 5.70 Å². The maximum Gasteiger partial charge on any atom is 0.282 e. The fourth-order valence-electron chi connectivity index (χ4n) is 3.19. The lowest BCUT2D eigenvalue weighted by Gasteiger charge is -2.18. The summed E-state index contributed by atoms with van der Waals surface area (Å²) in [4.78, 5) is 21.5. The van der Waals surface area contributed by atoms with Gasteiger partial charge in [0.2, 0.25) is 0 Å². The SMILES string of the molecule is O=C1/C(=C\c2cccs2)N=C(c2sc3ccccc3c2Cl)N1c1cccc(Br)c1. The number of halogens is 2. The third-order valence-electron chi connectivity index (χ3n) is 4.49. The zero-order chi connectivity index (χ0) is 20.0. The third kappa shape index (κ3) is 3.36. The summed E-state index contributed by atoms with van der Waals surface area (Å²) in [6, 6.07) is 19.5. The van der Waals surface area contributed by atoms with Crippen LogP contribution in [-0.4, -0.2) is 11.7 Å². The van der Waals surface area contributed by atoms with Crippen LogP contribution >= 0.6 is 50.2 Å². The van der Waals surface area contributed by atoms with E-state index in [0.717, 1.165) is 30.0 Å². The smallest absolute Gasteiger partial charge is 0.266 e. The first-order chi connectivity index (χ1) is 14.1. The molecule has 0 atom stereocenters. The van der Waals surface area contributed by atoms with Gasteiger partial charge in [-0.15, -0.1) is 22.7 Å². The van der Waals surface area contributed by atoms with Crippen molar-refractivity contribution in [3.63, 3.8) is 0 Å². The van der Waals surface area contributed by atoms with Crippen LogP contribution in [0.2, 0.25) is 5.02 Å². The summed E-state index contributed by atoms with van der Waals surface area (Å²) < 4.78 is 1.95. The number of thiophene rings is 2. The molecule has 0 aliphatic carbocycles.